The lowest BCUT2D eigenvalue weighted by atomic mass is 9.71. The highest BCUT2D eigenvalue weighted by atomic mass is 16.5. The first-order chi connectivity index (χ1) is 10.3. The third-order valence-electron chi connectivity index (χ3n) is 4.52. The minimum atomic E-state index is 0.339. The molecule has 1 aromatic rings. The first-order valence-corrected chi connectivity index (χ1v) is 8.02. The van der Waals surface area contributed by atoms with Crippen LogP contribution in [0.15, 0.2) is 36.4 Å². The first-order valence-electron chi connectivity index (χ1n) is 8.02. The molecule has 0 heterocycles. The van der Waals surface area contributed by atoms with Crippen LogP contribution in [0.2, 0.25) is 0 Å². The predicted molar refractivity (Wildman–Crippen MR) is 86.2 cm³/mol. The van der Waals surface area contributed by atoms with Gasteiger partial charge in [0.25, 0.3) is 0 Å². The van der Waals surface area contributed by atoms with Gasteiger partial charge in [0, 0.05) is 5.41 Å². The van der Waals surface area contributed by atoms with E-state index in [9.17, 15) is 0 Å². The Hall–Kier alpha value is -1.75. The Morgan fingerprint density at radius 2 is 1.90 bits per heavy atom. The zero-order valence-electron chi connectivity index (χ0n) is 13.0. The van der Waals surface area contributed by atoms with E-state index in [4.69, 9.17) is 10.00 Å². The fourth-order valence-corrected chi connectivity index (χ4v) is 3.19. The summed E-state index contributed by atoms with van der Waals surface area (Å²) >= 11 is 0. The molecule has 0 unspecified atom stereocenters. The summed E-state index contributed by atoms with van der Waals surface area (Å²) in [5.74, 6) is 0.880. The molecule has 0 amide bonds. The average molecular weight is 283 g/mol. The summed E-state index contributed by atoms with van der Waals surface area (Å²) in [5, 5.41) is 8.83. The third-order valence-corrected chi connectivity index (χ3v) is 4.52. The van der Waals surface area contributed by atoms with Crippen LogP contribution >= 0.6 is 0 Å². The van der Waals surface area contributed by atoms with Crippen LogP contribution in [0.1, 0.15) is 57.4 Å². The first kappa shape index (κ1) is 15.6. The third kappa shape index (κ3) is 4.63. The Morgan fingerprint density at radius 3 is 2.52 bits per heavy atom. The van der Waals surface area contributed by atoms with Crippen LogP contribution in [0.3, 0.4) is 0 Å². The SMILES string of the molecule is CC=CCCC1(COc2ccc(C#N)cc2)CCCCC1. The number of nitrogens with zero attached hydrogens (tertiary/aromatic N) is 1. The van der Waals surface area contributed by atoms with Gasteiger partial charge >= 0.3 is 0 Å². The van der Waals surface area contributed by atoms with Crippen molar-refractivity contribution in [3.63, 3.8) is 0 Å². The molecular formula is C19H25NO. The Kier molecular flexibility index (Phi) is 5.87. The van der Waals surface area contributed by atoms with Crippen LogP contribution in [0.25, 0.3) is 0 Å². The lowest BCUT2D eigenvalue weighted by Crippen LogP contribution is -2.31. The highest BCUT2D eigenvalue weighted by Gasteiger charge is 2.32. The van der Waals surface area contributed by atoms with Gasteiger partial charge in [-0.2, -0.15) is 5.26 Å². The van der Waals surface area contributed by atoms with E-state index in [1.807, 2.05) is 24.3 Å². The van der Waals surface area contributed by atoms with Gasteiger partial charge in [0.1, 0.15) is 5.75 Å². The molecule has 0 N–H and O–H groups in total. The highest BCUT2D eigenvalue weighted by molar-refractivity contribution is 5.34. The van der Waals surface area contributed by atoms with Gasteiger partial charge in [-0.25, -0.2) is 0 Å². The van der Waals surface area contributed by atoms with E-state index in [0.717, 1.165) is 18.8 Å². The molecule has 21 heavy (non-hydrogen) atoms. The van der Waals surface area contributed by atoms with Gasteiger partial charge in [-0.1, -0.05) is 31.4 Å². The van der Waals surface area contributed by atoms with Crippen LogP contribution in [-0.2, 0) is 0 Å². The van der Waals surface area contributed by atoms with Gasteiger partial charge in [-0.05, 0) is 56.9 Å². The summed E-state index contributed by atoms with van der Waals surface area (Å²) in [7, 11) is 0. The van der Waals surface area contributed by atoms with Crippen LogP contribution < -0.4 is 4.74 Å². The number of ether oxygens (including phenoxy) is 1. The van der Waals surface area contributed by atoms with Gasteiger partial charge < -0.3 is 4.74 Å². The minimum absolute atomic E-state index is 0.339. The molecule has 0 aliphatic heterocycles. The van der Waals surface area contributed by atoms with Crippen molar-refractivity contribution in [3.05, 3.63) is 42.0 Å². The Labute approximate surface area is 128 Å². The molecular weight excluding hydrogens is 258 g/mol. The lowest BCUT2D eigenvalue weighted by Gasteiger charge is -2.37. The molecule has 1 aliphatic rings. The molecule has 0 radical (unpaired) electrons. The number of hydrogen-bond acceptors (Lipinski definition) is 2. The van der Waals surface area contributed by atoms with Gasteiger partial charge in [0.2, 0.25) is 0 Å². The summed E-state index contributed by atoms with van der Waals surface area (Å²) in [4.78, 5) is 0. The standard InChI is InChI=1S/C19H25NO/c1-2-3-5-12-19(13-6-4-7-14-19)16-21-18-10-8-17(15-20)9-11-18/h2-3,8-11H,4-7,12-14,16H2,1H3. The molecule has 0 spiro atoms. The lowest BCUT2D eigenvalue weighted by molar-refractivity contribution is 0.0884. The van der Waals surface area contributed by atoms with Crippen LogP contribution in [0, 0.1) is 16.7 Å². The van der Waals surface area contributed by atoms with Crippen molar-refractivity contribution < 1.29 is 4.74 Å². The van der Waals surface area contributed by atoms with Crippen molar-refractivity contribution in [1.82, 2.24) is 0 Å². The van der Waals surface area contributed by atoms with Crippen molar-refractivity contribution in [2.45, 2.75) is 51.9 Å². The van der Waals surface area contributed by atoms with E-state index in [1.165, 1.54) is 38.5 Å². The van der Waals surface area contributed by atoms with E-state index in [0.29, 0.717) is 11.0 Å². The second kappa shape index (κ2) is 7.88. The monoisotopic (exact) mass is 283 g/mol. The van der Waals surface area contributed by atoms with E-state index >= 15 is 0 Å². The Morgan fingerprint density at radius 1 is 1.19 bits per heavy atom. The maximum Gasteiger partial charge on any atom is 0.119 e. The quantitative estimate of drug-likeness (QED) is 0.668. The Balaban J connectivity index is 1.95. The van der Waals surface area contributed by atoms with Crippen molar-refractivity contribution in [2.24, 2.45) is 5.41 Å². The summed E-state index contributed by atoms with van der Waals surface area (Å²) < 4.78 is 6.05. The molecule has 112 valence electrons. The average Bonchev–Trinajstić information content (AvgIpc) is 2.55. The molecule has 1 fully saturated rings. The number of benzene rings is 1. The van der Waals surface area contributed by atoms with E-state index < -0.39 is 0 Å². The topological polar surface area (TPSA) is 33.0 Å². The van der Waals surface area contributed by atoms with Gasteiger partial charge in [-0.15, -0.1) is 0 Å². The molecule has 0 atom stereocenters. The summed E-state index contributed by atoms with van der Waals surface area (Å²) in [6.07, 6.45) is 13.3. The van der Waals surface area contributed by atoms with E-state index in [-0.39, 0.29) is 0 Å². The van der Waals surface area contributed by atoms with Crippen molar-refractivity contribution >= 4 is 0 Å². The molecule has 0 bridgehead atoms. The Bertz CT molecular complexity index is 489. The maximum absolute atomic E-state index is 8.83. The molecule has 0 saturated heterocycles. The van der Waals surface area contributed by atoms with Crippen molar-refractivity contribution in [2.75, 3.05) is 6.61 Å². The fourth-order valence-electron chi connectivity index (χ4n) is 3.19. The number of allylic oxidation sites excluding steroid dienone is 2. The molecule has 1 aromatic carbocycles. The second-order valence-corrected chi connectivity index (χ2v) is 6.09. The van der Waals surface area contributed by atoms with Crippen LogP contribution in [-0.4, -0.2) is 6.61 Å². The maximum atomic E-state index is 8.83. The van der Waals surface area contributed by atoms with Crippen molar-refractivity contribution in [1.29, 1.82) is 5.26 Å². The summed E-state index contributed by atoms with van der Waals surface area (Å²) in [5.41, 5.74) is 1.02. The van der Waals surface area contributed by atoms with Gasteiger partial charge in [-0.3, -0.25) is 0 Å². The second-order valence-electron chi connectivity index (χ2n) is 6.09. The van der Waals surface area contributed by atoms with Gasteiger partial charge in [0.05, 0.1) is 18.2 Å². The molecule has 2 nitrogen and oxygen atoms in total. The predicted octanol–water partition coefficient (Wildman–Crippen LogP) is 5.24. The zero-order valence-corrected chi connectivity index (χ0v) is 13.0. The van der Waals surface area contributed by atoms with Gasteiger partial charge in [0.15, 0.2) is 0 Å². The highest BCUT2D eigenvalue weighted by Crippen LogP contribution is 2.40. The molecule has 1 saturated carbocycles. The zero-order chi connectivity index (χ0) is 15.0. The molecule has 2 rings (SSSR count). The fraction of sp³-hybridized carbons (Fsp3) is 0.526. The normalized spacial score (nSPS) is 17.5. The number of hydrogen-bond donors (Lipinski definition) is 0. The van der Waals surface area contributed by atoms with Crippen LogP contribution in [0.5, 0.6) is 5.75 Å². The van der Waals surface area contributed by atoms with E-state index in [2.05, 4.69) is 25.1 Å². The largest absolute Gasteiger partial charge is 0.493 e. The van der Waals surface area contributed by atoms with Crippen molar-refractivity contribution in [3.8, 4) is 11.8 Å². The summed E-state index contributed by atoms with van der Waals surface area (Å²) in [6, 6.07) is 9.59. The molecule has 2 heteroatoms. The van der Waals surface area contributed by atoms with Crippen LogP contribution in [0.4, 0.5) is 0 Å². The van der Waals surface area contributed by atoms with E-state index in [1.54, 1.807) is 0 Å². The number of nitriles is 1. The summed E-state index contributed by atoms with van der Waals surface area (Å²) in [6.45, 7) is 2.89. The number of rotatable bonds is 6. The smallest absolute Gasteiger partial charge is 0.119 e. The molecule has 1 aliphatic carbocycles. The minimum Gasteiger partial charge on any atom is -0.493 e. The molecule has 0 aromatic heterocycles.